The predicted octanol–water partition coefficient (Wildman–Crippen LogP) is 4.75. The summed E-state index contributed by atoms with van der Waals surface area (Å²) in [5.41, 5.74) is 2.57. The van der Waals surface area contributed by atoms with Crippen LogP contribution in [0.4, 0.5) is 0 Å². The highest BCUT2D eigenvalue weighted by Gasteiger charge is 2.00. The lowest BCUT2D eigenvalue weighted by atomic mass is 10.0. The Balaban J connectivity index is 1.98. The number of pyridine rings is 1. The molecule has 0 atom stereocenters. The molecule has 1 aromatic heterocycles. The average molecular weight is 227 g/mol. The van der Waals surface area contributed by atoms with Crippen LogP contribution in [0.15, 0.2) is 36.5 Å². The van der Waals surface area contributed by atoms with Crippen molar-refractivity contribution in [2.24, 2.45) is 0 Å². The summed E-state index contributed by atoms with van der Waals surface area (Å²) in [7, 11) is 0. The SMILES string of the molecule is CCCCCCCc1cccc2ncccc12. The smallest absolute Gasteiger partial charge is 0.0704 e. The molecule has 1 heteroatoms. The molecule has 0 aliphatic rings. The fourth-order valence-corrected chi connectivity index (χ4v) is 2.30. The monoisotopic (exact) mass is 227 g/mol. The van der Waals surface area contributed by atoms with Crippen LogP contribution in [0, 0.1) is 0 Å². The molecule has 1 heterocycles. The van der Waals surface area contributed by atoms with Gasteiger partial charge in [-0.25, -0.2) is 0 Å². The van der Waals surface area contributed by atoms with Crippen LogP contribution in [0.5, 0.6) is 0 Å². The molecule has 0 aliphatic heterocycles. The fraction of sp³-hybridized carbons (Fsp3) is 0.438. The minimum Gasteiger partial charge on any atom is -0.256 e. The van der Waals surface area contributed by atoms with Gasteiger partial charge in [-0.15, -0.1) is 0 Å². The lowest BCUT2D eigenvalue weighted by Gasteiger charge is -2.05. The Labute approximate surface area is 104 Å². The third kappa shape index (κ3) is 3.29. The van der Waals surface area contributed by atoms with Crippen molar-refractivity contribution in [2.75, 3.05) is 0 Å². The summed E-state index contributed by atoms with van der Waals surface area (Å²) in [4.78, 5) is 4.40. The lowest BCUT2D eigenvalue weighted by Crippen LogP contribution is -1.89. The first-order valence-corrected chi connectivity index (χ1v) is 6.74. The number of aromatic nitrogens is 1. The molecule has 0 amide bonds. The van der Waals surface area contributed by atoms with Crippen LogP contribution in [0.1, 0.15) is 44.6 Å². The van der Waals surface area contributed by atoms with E-state index in [4.69, 9.17) is 0 Å². The summed E-state index contributed by atoms with van der Waals surface area (Å²) in [6.45, 7) is 2.26. The first kappa shape index (κ1) is 12.1. The first-order chi connectivity index (χ1) is 8.42. The molecule has 0 aliphatic carbocycles. The van der Waals surface area contributed by atoms with Gasteiger partial charge in [0.1, 0.15) is 0 Å². The first-order valence-electron chi connectivity index (χ1n) is 6.74. The molecule has 0 fully saturated rings. The van der Waals surface area contributed by atoms with Gasteiger partial charge in [-0.1, -0.05) is 50.8 Å². The number of nitrogens with zero attached hydrogens (tertiary/aromatic N) is 1. The molecule has 0 unspecified atom stereocenters. The molecule has 0 N–H and O–H groups in total. The minimum absolute atomic E-state index is 1.12. The lowest BCUT2D eigenvalue weighted by molar-refractivity contribution is 0.633. The average Bonchev–Trinajstić information content (AvgIpc) is 2.39. The third-order valence-corrected chi connectivity index (χ3v) is 3.29. The van der Waals surface area contributed by atoms with E-state index in [2.05, 4.69) is 36.2 Å². The number of benzene rings is 1. The number of hydrogen-bond donors (Lipinski definition) is 0. The zero-order valence-electron chi connectivity index (χ0n) is 10.7. The Kier molecular flexibility index (Phi) is 4.54. The van der Waals surface area contributed by atoms with Crippen LogP contribution in [0.25, 0.3) is 10.9 Å². The molecule has 0 radical (unpaired) electrons. The van der Waals surface area contributed by atoms with Crippen LogP contribution in [-0.4, -0.2) is 4.98 Å². The Hall–Kier alpha value is -1.37. The number of aryl methyl sites for hydroxylation is 1. The Morgan fingerprint density at radius 3 is 2.71 bits per heavy atom. The van der Waals surface area contributed by atoms with Crippen LogP contribution < -0.4 is 0 Å². The maximum Gasteiger partial charge on any atom is 0.0704 e. The van der Waals surface area contributed by atoms with Crippen molar-refractivity contribution < 1.29 is 0 Å². The second-order valence-electron chi connectivity index (χ2n) is 4.65. The van der Waals surface area contributed by atoms with Crippen molar-refractivity contribution in [3.63, 3.8) is 0 Å². The predicted molar refractivity (Wildman–Crippen MR) is 74.2 cm³/mol. The van der Waals surface area contributed by atoms with E-state index in [0.29, 0.717) is 0 Å². The van der Waals surface area contributed by atoms with Crippen LogP contribution in [0.2, 0.25) is 0 Å². The molecule has 1 aromatic carbocycles. The second kappa shape index (κ2) is 6.39. The van der Waals surface area contributed by atoms with Crippen molar-refractivity contribution in [3.05, 3.63) is 42.1 Å². The summed E-state index contributed by atoms with van der Waals surface area (Å²) in [5, 5.41) is 1.32. The molecule has 0 bridgehead atoms. The Bertz CT molecular complexity index is 457. The van der Waals surface area contributed by atoms with Crippen LogP contribution in [0.3, 0.4) is 0 Å². The van der Waals surface area contributed by atoms with Gasteiger partial charge in [-0.3, -0.25) is 4.98 Å². The van der Waals surface area contributed by atoms with E-state index < -0.39 is 0 Å². The third-order valence-electron chi connectivity index (χ3n) is 3.29. The molecule has 17 heavy (non-hydrogen) atoms. The molecular weight excluding hydrogens is 206 g/mol. The van der Waals surface area contributed by atoms with Gasteiger partial charge in [0.15, 0.2) is 0 Å². The zero-order valence-corrected chi connectivity index (χ0v) is 10.7. The fourth-order valence-electron chi connectivity index (χ4n) is 2.30. The van der Waals surface area contributed by atoms with E-state index in [-0.39, 0.29) is 0 Å². The molecular formula is C16H21N. The van der Waals surface area contributed by atoms with Gasteiger partial charge in [0.25, 0.3) is 0 Å². The van der Waals surface area contributed by atoms with Crippen molar-refractivity contribution in [1.29, 1.82) is 0 Å². The maximum absolute atomic E-state index is 4.40. The van der Waals surface area contributed by atoms with Crippen molar-refractivity contribution in [3.8, 4) is 0 Å². The van der Waals surface area contributed by atoms with E-state index in [0.717, 1.165) is 5.52 Å². The molecule has 0 saturated heterocycles. The molecule has 2 rings (SSSR count). The van der Waals surface area contributed by atoms with E-state index >= 15 is 0 Å². The highest BCUT2D eigenvalue weighted by molar-refractivity contribution is 5.81. The van der Waals surface area contributed by atoms with Gasteiger partial charge in [0.05, 0.1) is 5.52 Å². The van der Waals surface area contributed by atoms with Gasteiger partial charge in [-0.2, -0.15) is 0 Å². The van der Waals surface area contributed by atoms with Gasteiger partial charge in [-0.05, 0) is 30.5 Å². The van der Waals surface area contributed by atoms with Crippen molar-refractivity contribution in [1.82, 2.24) is 4.98 Å². The highest BCUT2D eigenvalue weighted by Crippen LogP contribution is 2.18. The van der Waals surface area contributed by atoms with Gasteiger partial charge in [0.2, 0.25) is 0 Å². The van der Waals surface area contributed by atoms with E-state index in [9.17, 15) is 0 Å². The Morgan fingerprint density at radius 2 is 1.82 bits per heavy atom. The largest absolute Gasteiger partial charge is 0.256 e. The van der Waals surface area contributed by atoms with Gasteiger partial charge >= 0.3 is 0 Å². The number of fused-ring (bicyclic) bond motifs is 1. The second-order valence-corrected chi connectivity index (χ2v) is 4.65. The minimum atomic E-state index is 1.12. The summed E-state index contributed by atoms with van der Waals surface area (Å²) in [5.74, 6) is 0. The number of unbranched alkanes of at least 4 members (excludes halogenated alkanes) is 4. The van der Waals surface area contributed by atoms with Crippen LogP contribution >= 0.6 is 0 Å². The van der Waals surface area contributed by atoms with Gasteiger partial charge < -0.3 is 0 Å². The van der Waals surface area contributed by atoms with E-state index in [1.54, 1.807) is 0 Å². The summed E-state index contributed by atoms with van der Waals surface area (Å²) >= 11 is 0. The number of hydrogen-bond acceptors (Lipinski definition) is 1. The Morgan fingerprint density at radius 1 is 0.941 bits per heavy atom. The molecule has 2 aromatic rings. The topological polar surface area (TPSA) is 12.9 Å². The normalized spacial score (nSPS) is 10.9. The van der Waals surface area contributed by atoms with Crippen molar-refractivity contribution >= 4 is 10.9 Å². The van der Waals surface area contributed by atoms with Crippen molar-refractivity contribution in [2.45, 2.75) is 45.4 Å². The quantitative estimate of drug-likeness (QED) is 0.649. The summed E-state index contributed by atoms with van der Waals surface area (Å²) in [6, 6.07) is 10.7. The number of rotatable bonds is 6. The maximum atomic E-state index is 4.40. The standard InChI is InChI=1S/C16H21N/c1-2-3-4-5-6-9-14-10-7-12-16-15(14)11-8-13-17-16/h7-8,10-13H,2-6,9H2,1H3. The summed E-state index contributed by atoms with van der Waals surface area (Å²) in [6.07, 6.45) is 9.77. The van der Waals surface area contributed by atoms with Crippen LogP contribution in [-0.2, 0) is 6.42 Å². The zero-order chi connectivity index (χ0) is 11.9. The molecule has 0 spiro atoms. The summed E-state index contributed by atoms with van der Waals surface area (Å²) < 4.78 is 0. The highest BCUT2D eigenvalue weighted by atomic mass is 14.6. The molecule has 90 valence electrons. The molecule has 0 saturated carbocycles. The van der Waals surface area contributed by atoms with E-state index in [1.165, 1.54) is 49.5 Å². The van der Waals surface area contributed by atoms with E-state index in [1.807, 2.05) is 12.3 Å². The van der Waals surface area contributed by atoms with Gasteiger partial charge in [0, 0.05) is 11.6 Å². The molecule has 1 nitrogen and oxygen atoms in total.